The number of anilines is 1. The zero-order valence-electron chi connectivity index (χ0n) is 17.3. The van der Waals surface area contributed by atoms with Gasteiger partial charge < -0.3 is 15.5 Å². The molecule has 28 heavy (non-hydrogen) atoms. The van der Waals surface area contributed by atoms with E-state index in [0.29, 0.717) is 37.2 Å². The first-order valence-corrected chi connectivity index (χ1v) is 10.5. The van der Waals surface area contributed by atoms with Gasteiger partial charge in [-0.05, 0) is 36.5 Å². The van der Waals surface area contributed by atoms with Crippen molar-refractivity contribution in [3.8, 4) is 0 Å². The van der Waals surface area contributed by atoms with Gasteiger partial charge in [-0.2, -0.15) is 0 Å². The Bertz CT molecular complexity index is 801. The SMILES string of the molecule is Cc1cccc(NC(=O)N(Cc2nc(C(=O)NCC(C)C)cs2)CC(C)C)c1. The summed E-state index contributed by atoms with van der Waals surface area (Å²) >= 11 is 1.40. The Morgan fingerprint density at radius 1 is 1.18 bits per heavy atom. The average Bonchev–Trinajstić information content (AvgIpc) is 3.07. The summed E-state index contributed by atoms with van der Waals surface area (Å²) in [7, 11) is 0. The Balaban J connectivity index is 2.05. The van der Waals surface area contributed by atoms with Crippen molar-refractivity contribution in [1.29, 1.82) is 0 Å². The van der Waals surface area contributed by atoms with Crippen molar-refractivity contribution < 1.29 is 9.59 Å². The lowest BCUT2D eigenvalue weighted by Crippen LogP contribution is -2.37. The van der Waals surface area contributed by atoms with E-state index in [1.54, 1.807) is 10.3 Å². The summed E-state index contributed by atoms with van der Waals surface area (Å²) in [5.74, 6) is 0.529. The first-order chi connectivity index (χ1) is 13.2. The van der Waals surface area contributed by atoms with E-state index >= 15 is 0 Å². The van der Waals surface area contributed by atoms with Crippen LogP contribution < -0.4 is 10.6 Å². The first-order valence-electron chi connectivity index (χ1n) is 9.59. The van der Waals surface area contributed by atoms with E-state index in [2.05, 4.69) is 29.5 Å². The highest BCUT2D eigenvalue weighted by Crippen LogP contribution is 2.16. The molecule has 2 aromatic rings. The van der Waals surface area contributed by atoms with Crippen LogP contribution in [0.25, 0.3) is 0 Å². The number of nitrogens with zero attached hydrogens (tertiary/aromatic N) is 2. The molecule has 0 atom stereocenters. The summed E-state index contributed by atoms with van der Waals surface area (Å²) in [6, 6.07) is 7.55. The second kappa shape index (κ2) is 10.2. The van der Waals surface area contributed by atoms with Crippen molar-refractivity contribution in [2.45, 2.75) is 41.2 Å². The molecule has 0 saturated heterocycles. The lowest BCUT2D eigenvalue weighted by Gasteiger charge is -2.24. The molecule has 0 unspecified atom stereocenters. The number of hydrogen-bond donors (Lipinski definition) is 2. The average molecular weight is 403 g/mol. The molecule has 1 heterocycles. The number of thiazole rings is 1. The maximum Gasteiger partial charge on any atom is 0.322 e. The van der Waals surface area contributed by atoms with Gasteiger partial charge in [0.05, 0.1) is 6.54 Å². The minimum absolute atomic E-state index is 0.166. The molecule has 0 spiro atoms. The quantitative estimate of drug-likeness (QED) is 0.681. The van der Waals surface area contributed by atoms with E-state index < -0.39 is 0 Å². The number of hydrogen-bond acceptors (Lipinski definition) is 4. The Morgan fingerprint density at radius 3 is 2.57 bits per heavy atom. The van der Waals surface area contributed by atoms with Gasteiger partial charge in [-0.15, -0.1) is 11.3 Å². The summed E-state index contributed by atoms with van der Waals surface area (Å²) in [6.45, 7) is 11.8. The molecule has 3 amide bonds. The van der Waals surface area contributed by atoms with E-state index in [1.807, 2.05) is 45.0 Å². The minimum atomic E-state index is -0.171. The largest absolute Gasteiger partial charge is 0.350 e. The standard InChI is InChI=1S/C21H30N4O2S/c1-14(2)10-22-20(26)18-13-28-19(24-18)12-25(11-15(3)4)21(27)23-17-8-6-7-16(5)9-17/h6-9,13-15H,10-12H2,1-5H3,(H,22,26)(H,23,27). The second-order valence-electron chi connectivity index (χ2n) is 7.80. The molecule has 7 heteroatoms. The van der Waals surface area contributed by atoms with Crippen LogP contribution in [0.3, 0.4) is 0 Å². The molecule has 1 aromatic heterocycles. The van der Waals surface area contributed by atoms with Gasteiger partial charge in [0.25, 0.3) is 5.91 Å². The normalized spacial score (nSPS) is 11.0. The van der Waals surface area contributed by atoms with Crippen molar-refractivity contribution in [2.24, 2.45) is 11.8 Å². The Hall–Kier alpha value is -2.41. The summed E-state index contributed by atoms with van der Waals surface area (Å²) in [6.07, 6.45) is 0. The van der Waals surface area contributed by atoms with Crippen LogP contribution in [0.1, 0.15) is 48.8 Å². The van der Waals surface area contributed by atoms with Crippen molar-refractivity contribution in [1.82, 2.24) is 15.2 Å². The van der Waals surface area contributed by atoms with Crippen molar-refractivity contribution in [2.75, 3.05) is 18.4 Å². The molecule has 0 aliphatic heterocycles. The number of urea groups is 1. The van der Waals surface area contributed by atoms with E-state index in [4.69, 9.17) is 0 Å². The molecule has 0 saturated carbocycles. The summed E-state index contributed by atoms with van der Waals surface area (Å²) in [4.78, 5) is 31.1. The van der Waals surface area contributed by atoms with Crippen molar-refractivity contribution in [3.05, 3.63) is 45.9 Å². The summed E-state index contributed by atoms with van der Waals surface area (Å²) < 4.78 is 0. The number of benzene rings is 1. The van der Waals surface area contributed by atoms with Crippen LogP contribution in [0.4, 0.5) is 10.5 Å². The second-order valence-corrected chi connectivity index (χ2v) is 8.75. The van der Waals surface area contributed by atoms with Gasteiger partial charge in [-0.3, -0.25) is 4.79 Å². The third-order valence-electron chi connectivity index (χ3n) is 3.92. The van der Waals surface area contributed by atoms with Gasteiger partial charge in [0, 0.05) is 24.2 Å². The van der Waals surface area contributed by atoms with Gasteiger partial charge in [-0.25, -0.2) is 9.78 Å². The highest BCUT2D eigenvalue weighted by molar-refractivity contribution is 7.09. The zero-order chi connectivity index (χ0) is 20.7. The van der Waals surface area contributed by atoms with Gasteiger partial charge in [-0.1, -0.05) is 39.8 Å². The van der Waals surface area contributed by atoms with Crippen LogP contribution in [-0.2, 0) is 6.54 Å². The van der Waals surface area contributed by atoms with Crippen LogP contribution in [0.15, 0.2) is 29.6 Å². The van der Waals surface area contributed by atoms with Gasteiger partial charge >= 0.3 is 6.03 Å². The molecule has 0 aliphatic carbocycles. The number of nitrogens with one attached hydrogen (secondary N) is 2. The number of aryl methyl sites for hydroxylation is 1. The monoisotopic (exact) mass is 402 g/mol. The van der Waals surface area contributed by atoms with Crippen LogP contribution in [0.2, 0.25) is 0 Å². The molecule has 2 rings (SSSR count). The number of aromatic nitrogens is 1. The topological polar surface area (TPSA) is 74.3 Å². The van der Waals surface area contributed by atoms with Gasteiger partial charge in [0.1, 0.15) is 10.7 Å². The van der Waals surface area contributed by atoms with Crippen LogP contribution in [-0.4, -0.2) is 34.9 Å². The Morgan fingerprint density at radius 2 is 1.93 bits per heavy atom. The molecule has 1 aromatic carbocycles. The predicted octanol–water partition coefficient (Wildman–Crippen LogP) is 4.53. The first kappa shape index (κ1) is 21.9. The Kier molecular flexibility index (Phi) is 7.99. The minimum Gasteiger partial charge on any atom is -0.350 e. The molecule has 2 N–H and O–H groups in total. The molecular weight excluding hydrogens is 372 g/mol. The molecular formula is C21H30N4O2S. The van der Waals surface area contributed by atoms with E-state index in [9.17, 15) is 9.59 Å². The van der Waals surface area contributed by atoms with Crippen molar-refractivity contribution >= 4 is 29.0 Å². The molecule has 0 radical (unpaired) electrons. The number of carbonyl (C=O) groups excluding carboxylic acids is 2. The molecule has 6 nitrogen and oxygen atoms in total. The summed E-state index contributed by atoms with van der Waals surface area (Å²) in [5.41, 5.74) is 2.26. The third kappa shape index (κ3) is 6.96. The molecule has 0 aliphatic rings. The van der Waals surface area contributed by atoms with E-state index in [-0.39, 0.29) is 11.9 Å². The third-order valence-corrected chi connectivity index (χ3v) is 4.76. The maximum absolute atomic E-state index is 12.8. The van der Waals surface area contributed by atoms with E-state index in [1.165, 1.54) is 11.3 Å². The van der Waals surface area contributed by atoms with Crippen LogP contribution in [0, 0.1) is 18.8 Å². The number of rotatable bonds is 8. The lowest BCUT2D eigenvalue weighted by atomic mass is 10.2. The maximum atomic E-state index is 12.8. The van der Waals surface area contributed by atoms with E-state index in [0.717, 1.165) is 16.3 Å². The van der Waals surface area contributed by atoms with Gasteiger partial charge in [0.2, 0.25) is 0 Å². The fraction of sp³-hybridized carbons (Fsp3) is 0.476. The van der Waals surface area contributed by atoms with Gasteiger partial charge in [0.15, 0.2) is 0 Å². The molecule has 152 valence electrons. The molecule has 0 fully saturated rings. The number of amides is 3. The fourth-order valence-electron chi connectivity index (χ4n) is 2.62. The van der Waals surface area contributed by atoms with Crippen LogP contribution in [0.5, 0.6) is 0 Å². The smallest absolute Gasteiger partial charge is 0.322 e. The molecule has 0 bridgehead atoms. The predicted molar refractivity (Wildman–Crippen MR) is 115 cm³/mol. The lowest BCUT2D eigenvalue weighted by molar-refractivity contribution is 0.0944. The zero-order valence-corrected chi connectivity index (χ0v) is 18.1. The highest BCUT2D eigenvalue weighted by Gasteiger charge is 2.19. The summed E-state index contributed by atoms with van der Waals surface area (Å²) in [5, 5.41) is 8.32. The van der Waals surface area contributed by atoms with Crippen LogP contribution >= 0.6 is 11.3 Å². The Labute approximate surface area is 171 Å². The highest BCUT2D eigenvalue weighted by atomic mass is 32.1. The number of carbonyl (C=O) groups is 2. The van der Waals surface area contributed by atoms with Crippen molar-refractivity contribution in [3.63, 3.8) is 0 Å². The fourth-order valence-corrected chi connectivity index (χ4v) is 3.41.